The van der Waals surface area contributed by atoms with Crippen LogP contribution in [0.2, 0.25) is 0 Å². The highest BCUT2D eigenvalue weighted by Crippen LogP contribution is 2.22. The molecule has 20 heavy (non-hydrogen) atoms. The molecule has 0 saturated heterocycles. The fourth-order valence-electron chi connectivity index (χ4n) is 2.43. The van der Waals surface area contributed by atoms with Crippen LogP contribution in [0.25, 0.3) is 33.2 Å². The molecule has 0 unspecified atom stereocenters. The molecule has 2 nitrogen and oxygen atoms in total. The van der Waals surface area contributed by atoms with E-state index in [1.165, 1.54) is 0 Å². The van der Waals surface area contributed by atoms with Crippen molar-refractivity contribution in [3.05, 3.63) is 72.8 Å². The Labute approximate surface area is 116 Å². The summed E-state index contributed by atoms with van der Waals surface area (Å²) in [5.74, 6) is 0. The van der Waals surface area contributed by atoms with Crippen molar-refractivity contribution in [3.8, 4) is 11.3 Å². The molecule has 2 aromatic heterocycles. The number of fused-ring (bicyclic) bond motifs is 2. The highest BCUT2D eigenvalue weighted by atomic mass is 14.8. The van der Waals surface area contributed by atoms with E-state index in [9.17, 15) is 0 Å². The Morgan fingerprint density at radius 2 is 1.35 bits per heavy atom. The van der Waals surface area contributed by atoms with Gasteiger partial charge in [-0.2, -0.15) is 0 Å². The van der Waals surface area contributed by atoms with E-state index >= 15 is 0 Å². The Kier molecular flexibility index (Phi) is 2.46. The van der Waals surface area contributed by atoms with Crippen LogP contribution < -0.4 is 0 Å². The molecular formula is C18H12N2. The quantitative estimate of drug-likeness (QED) is 0.470. The monoisotopic (exact) mass is 256 g/mol. The van der Waals surface area contributed by atoms with Gasteiger partial charge >= 0.3 is 0 Å². The van der Waals surface area contributed by atoms with Gasteiger partial charge in [0.2, 0.25) is 0 Å². The van der Waals surface area contributed by atoms with Crippen LogP contribution in [0.15, 0.2) is 72.8 Å². The molecule has 0 radical (unpaired) electrons. The van der Waals surface area contributed by atoms with Crippen molar-refractivity contribution in [1.29, 1.82) is 0 Å². The second kappa shape index (κ2) is 4.42. The average Bonchev–Trinajstić information content (AvgIpc) is 2.53. The minimum absolute atomic E-state index is 0.934. The summed E-state index contributed by atoms with van der Waals surface area (Å²) in [6, 6.07) is 24.5. The van der Waals surface area contributed by atoms with Crippen molar-refractivity contribution in [3.63, 3.8) is 0 Å². The number of hydrogen-bond donors (Lipinski definition) is 0. The van der Waals surface area contributed by atoms with E-state index in [1.807, 2.05) is 48.5 Å². The van der Waals surface area contributed by atoms with Crippen molar-refractivity contribution in [2.45, 2.75) is 0 Å². The maximum Gasteiger partial charge on any atom is 0.0900 e. The summed E-state index contributed by atoms with van der Waals surface area (Å²) in [5, 5.41) is 1.12. The van der Waals surface area contributed by atoms with Crippen molar-refractivity contribution >= 4 is 21.9 Å². The number of para-hydroxylation sites is 1. The Morgan fingerprint density at radius 1 is 0.550 bits per heavy atom. The molecule has 0 amide bonds. The Hall–Kier alpha value is -2.74. The van der Waals surface area contributed by atoms with Crippen LogP contribution in [-0.4, -0.2) is 9.97 Å². The lowest BCUT2D eigenvalue weighted by atomic mass is 10.1. The van der Waals surface area contributed by atoms with Gasteiger partial charge in [-0.05, 0) is 24.3 Å². The van der Waals surface area contributed by atoms with Crippen LogP contribution in [0.4, 0.5) is 0 Å². The van der Waals surface area contributed by atoms with Gasteiger partial charge in [-0.1, -0.05) is 48.5 Å². The summed E-state index contributed by atoms with van der Waals surface area (Å²) in [4.78, 5) is 9.38. The van der Waals surface area contributed by atoms with Crippen molar-refractivity contribution in [1.82, 2.24) is 9.97 Å². The number of nitrogens with zero attached hydrogens (tertiary/aromatic N) is 2. The second-order valence-corrected chi connectivity index (χ2v) is 4.78. The van der Waals surface area contributed by atoms with E-state index in [0.29, 0.717) is 0 Å². The molecule has 4 rings (SSSR count). The first-order valence-corrected chi connectivity index (χ1v) is 6.62. The molecular weight excluding hydrogens is 244 g/mol. The largest absolute Gasteiger partial charge is 0.246 e. The van der Waals surface area contributed by atoms with Gasteiger partial charge in [0, 0.05) is 10.9 Å². The molecule has 94 valence electrons. The smallest absolute Gasteiger partial charge is 0.0900 e. The van der Waals surface area contributed by atoms with Crippen molar-refractivity contribution < 1.29 is 0 Å². The van der Waals surface area contributed by atoms with Gasteiger partial charge in [-0.3, -0.25) is 0 Å². The lowest BCUT2D eigenvalue weighted by Crippen LogP contribution is -1.88. The van der Waals surface area contributed by atoms with Gasteiger partial charge in [0.25, 0.3) is 0 Å². The van der Waals surface area contributed by atoms with E-state index in [4.69, 9.17) is 4.98 Å². The van der Waals surface area contributed by atoms with Gasteiger partial charge in [0.05, 0.1) is 22.2 Å². The summed E-state index contributed by atoms with van der Waals surface area (Å²) >= 11 is 0. The van der Waals surface area contributed by atoms with Gasteiger partial charge in [0.1, 0.15) is 0 Å². The molecule has 0 aliphatic rings. The first kappa shape index (κ1) is 11.1. The minimum atomic E-state index is 0.934. The van der Waals surface area contributed by atoms with Crippen molar-refractivity contribution in [2.24, 2.45) is 0 Å². The SMILES string of the molecule is c1ccc(-c2ccc3nc4ccccc4cc3n2)cc1. The molecule has 0 aliphatic heterocycles. The number of aromatic nitrogens is 2. The molecule has 2 heterocycles. The zero-order chi connectivity index (χ0) is 13.4. The van der Waals surface area contributed by atoms with Crippen LogP contribution in [0.5, 0.6) is 0 Å². The van der Waals surface area contributed by atoms with Crippen LogP contribution in [0, 0.1) is 0 Å². The van der Waals surface area contributed by atoms with Gasteiger partial charge < -0.3 is 0 Å². The zero-order valence-corrected chi connectivity index (χ0v) is 10.8. The lowest BCUT2D eigenvalue weighted by molar-refractivity contribution is 1.37. The van der Waals surface area contributed by atoms with Gasteiger partial charge in [-0.15, -0.1) is 0 Å². The highest BCUT2D eigenvalue weighted by molar-refractivity contribution is 5.91. The maximum absolute atomic E-state index is 4.73. The molecule has 0 spiro atoms. The molecule has 4 aromatic rings. The van der Waals surface area contributed by atoms with Crippen LogP contribution in [0.3, 0.4) is 0 Å². The minimum Gasteiger partial charge on any atom is -0.246 e. The molecule has 0 aliphatic carbocycles. The summed E-state index contributed by atoms with van der Waals surface area (Å²) < 4.78 is 0. The van der Waals surface area contributed by atoms with Crippen molar-refractivity contribution in [2.75, 3.05) is 0 Å². The third kappa shape index (κ3) is 1.82. The molecule has 0 bridgehead atoms. The topological polar surface area (TPSA) is 25.8 Å². The summed E-state index contributed by atoms with van der Waals surface area (Å²) in [5.41, 5.74) is 4.99. The number of pyridine rings is 2. The average molecular weight is 256 g/mol. The van der Waals surface area contributed by atoms with Gasteiger partial charge in [-0.25, -0.2) is 9.97 Å². The third-order valence-corrected chi connectivity index (χ3v) is 3.44. The van der Waals surface area contributed by atoms with E-state index in [-0.39, 0.29) is 0 Å². The van der Waals surface area contributed by atoms with Crippen LogP contribution >= 0.6 is 0 Å². The summed E-state index contributed by atoms with van der Waals surface area (Å²) in [6.07, 6.45) is 0. The Morgan fingerprint density at radius 3 is 2.25 bits per heavy atom. The first-order chi connectivity index (χ1) is 9.90. The fraction of sp³-hybridized carbons (Fsp3) is 0. The first-order valence-electron chi connectivity index (χ1n) is 6.62. The van der Waals surface area contributed by atoms with E-state index in [0.717, 1.165) is 33.2 Å². The number of hydrogen-bond acceptors (Lipinski definition) is 2. The predicted molar refractivity (Wildman–Crippen MR) is 82.5 cm³/mol. The molecule has 2 aromatic carbocycles. The predicted octanol–water partition coefficient (Wildman–Crippen LogP) is 4.45. The maximum atomic E-state index is 4.73. The molecule has 0 fully saturated rings. The second-order valence-electron chi connectivity index (χ2n) is 4.78. The summed E-state index contributed by atoms with van der Waals surface area (Å²) in [6.45, 7) is 0. The van der Waals surface area contributed by atoms with Crippen LogP contribution in [0.1, 0.15) is 0 Å². The normalized spacial score (nSPS) is 11.0. The van der Waals surface area contributed by atoms with E-state index in [2.05, 4.69) is 29.2 Å². The van der Waals surface area contributed by atoms with Crippen LogP contribution in [-0.2, 0) is 0 Å². The fourth-order valence-corrected chi connectivity index (χ4v) is 2.43. The van der Waals surface area contributed by atoms with E-state index in [1.54, 1.807) is 0 Å². The van der Waals surface area contributed by atoms with E-state index < -0.39 is 0 Å². The number of rotatable bonds is 1. The van der Waals surface area contributed by atoms with Gasteiger partial charge in [0.15, 0.2) is 0 Å². The molecule has 2 heteroatoms. The zero-order valence-electron chi connectivity index (χ0n) is 10.8. The molecule has 0 saturated carbocycles. The third-order valence-electron chi connectivity index (χ3n) is 3.44. The number of benzene rings is 2. The highest BCUT2D eigenvalue weighted by Gasteiger charge is 2.03. The Bertz CT molecular complexity index is 899. The standard InChI is InChI=1S/C18H12N2/c1-2-6-13(7-3-1)16-10-11-17-18(20-16)12-14-8-4-5-9-15(14)19-17/h1-12H. The lowest BCUT2D eigenvalue weighted by Gasteiger charge is -2.04. The molecule has 0 atom stereocenters. The Balaban J connectivity index is 1.97. The molecule has 0 N–H and O–H groups in total. The summed E-state index contributed by atoms with van der Waals surface area (Å²) in [7, 11) is 0.